The van der Waals surface area contributed by atoms with Crippen molar-refractivity contribution >= 4 is 5.78 Å². The Balaban J connectivity index is 2.45. The van der Waals surface area contributed by atoms with Gasteiger partial charge in [0.25, 0.3) is 0 Å². The van der Waals surface area contributed by atoms with Crippen LogP contribution >= 0.6 is 0 Å². The lowest BCUT2D eigenvalue weighted by Crippen LogP contribution is -2.23. The molecule has 1 heterocycles. The number of hydrogen-bond donors (Lipinski definition) is 1. The summed E-state index contributed by atoms with van der Waals surface area (Å²) in [4.78, 5) is 11.9. The summed E-state index contributed by atoms with van der Waals surface area (Å²) in [6.07, 6.45) is 0. The maximum atomic E-state index is 11.9. The van der Waals surface area contributed by atoms with Crippen LogP contribution in [0.5, 0.6) is 11.5 Å². The second-order valence-electron chi connectivity index (χ2n) is 3.74. The summed E-state index contributed by atoms with van der Waals surface area (Å²) in [6, 6.07) is 3.73. The number of hydrogen-bond acceptors (Lipinski definition) is 4. The lowest BCUT2D eigenvalue weighted by atomic mass is 10.0. The van der Waals surface area contributed by atoms with Crippen molar-refractivity contribution in [3.8, 4) is 11.5 Å². The van der Waals surface area contributed by atoms with Gasteiger partial charge in [0.1, 0.15) is 13.2 Å². The zero-order chi connectivity index (χ0) is 11.5. The molecule has 1 N–H and O–H groups in total. The first-order chi connectivity index (χ1) is 7.74. The zero-order valence-electron chi connectivity index (χ0n) is 9.50. The number of carbonyl (C=O) groups excluding carboxylic acids is 1. The van der Waals surface area contributed by atoms with Crippen molar-refractivity contribution in [2.24, 2.45) is 0 Å². The van der Waals surface area contributed by atoms with Gasteiger partial charge in [0.05, 0.1) is 12.1 Å². The van der Waals surface area contributed by atoms with Gasteiger partial charge >= 0.3 is 0 Å². The molecule has 0 amide bonds. The Morgan fingerprint density at radius 1 is 1.38 bits per heavy atom. The lowest BCUT2D eigenvalue weighted by molar-refractivity contribution is 0.0981. The third-order valence-corrected chi connectivity index (χ3v) is 2.53. The van der Waals surface area contributed by atoms with E-state index in [0.717, 1.165) is 5.56 Å². The van der Waals surface area contributed by atoms with E-state index < -0.39 is 0 Å². The Morgan fingerprint density at radius 2 is 2.12 bits per heavy atom. The van der Waals surface area contributed by atoms with E-state index in [9.17, 15) is 4.79 Å². The van der Waals surface area contributed by atoms with E-state index in [0.29, 0.717) is 36.8 Å². The molecular formula is C12H15NO3. The smallest absolute Gasteiger partial charge is 0.180 e. The summed E-state index contributed by atoms with van der Waals surface area (Å²) < 4.78 is 11.0. The average molecular weight is 221 g/mol. The van der Waals surface area contributed by atoms with E-state index in [1.807, 2.05) is 19.1 Å². The van der Waals surface area contributed by atoms with E-state index in [4.69, 9.17) is 9.47 Å². The Kier molecular flexibility index (Phi) is 3.10. The first-order valence-corrected chi connectivity index (χ1v) is 5.31. The van der Waals surface area contributed by atoms with Crippen LogP contribution in [-0.4, -0.2) is 32.6 Å². The number of aryl methyl sites for hydroxylation is 1. The minimum Gasteiger partial charge on any atom is -0.486 e. The van der Waals surface area contributed by atoms with Gasteiger partial charge in [-0.15, -0.1) is 0 Å². The van der Waals surface area contributed by atoms with Gasteiger partial charge in [-0.25, -0.2) is 0 Å². The van der Waals surface area contributed by atoms with Crippen molar-refractivity contribution in [1.29, 1.82) is 0 Å². The second kappa shape index (κ2) is 4.53. The number of carbonyl (C=O) groups is 1. The van der Waals surface area contributed by atoms with Gasteiger partial charge in [0, 0.05) is 0 Å². The van der Waals surface area contributed by atoms with Crippen molar-refractivity contribution in [3.63, 3.8) is 0 Å². The summed E-state index contributed by atoms with van der Waals surface area (Å²) >= 11 is 0. The summed E-state index contributed by atoms with van der Waals surface area (Å²) in [6.45, 7) is 3.24. The number of benzene rings is 1. The molecule has 0 fully saturated rings. The third-order valence-electron chi connectivity index (χ3n) is 2.53. The molecule has 0 saturated carbocycles. The van der Waals surface area contributed by atoms with Gasteiger partial charge in [0.15, 0.2) is 17.3 Å². The first-order valence-electron chi connectivity index (χ1n) is 5.31. The van der Waals surface area contributed by atoms with Gasteiger partial charge < -0.3 is 14.8 Å². The molecule has 0 spiro atoms. The third kappa shape index (κ3) is 1.88. The predicted molar refractivity (Wildman–Crippen MR) is 60.4 cm³/mol. The molecule has 0 radical (unpaired) electrons. The fourth-order valence-electron chi connectivity index (χ4n) is 1.81. The number of likely N-dealkylation sites (N-methyl/N-ethyl adjacent to an activating group) is 1. The fourth-order valence-corrected chi connectivity index (χ4v) is 1.81. The van der Waals surface area contributed by atoms with Gasteiger partial charge in [-0.1, -0.05) is 6.07 Å². The van der Waals surface area contributed by atoms with Crippen LogP contribution in [0.25, 0.3) is 0 Å². The van der Waals surface area contributed by atoms with Crippen LogP contribution in [0.1, 0.15) is 15.9 Å². The number of fused-ring (bicyclic) bond motifs is 1. The van der Waals surface area contributed by atoms with Crippen molar-refractivity contribution in [3.05, 3.63) is 23.3 Å². The van der Waals surface area contributed by atoms with Crippen LogP contribution in [0.15, 0.2) is 12.1 Å². The molecule has 0 saturated heterocycles. The van der Waals surface area contributed by atoms with Crippen LogP contribution in [0.2, 0.25) is 0 Å². The topological polar surface area (TPSA) is 47.6 Å². The molecule has 16 heavy (non-hydrogen) atoms. The Bertz CT molecular complexity index is 415. The minimum atomic E-state index is 0.0300. The van der Waals surface area contributed by atoms with Gasteiger partial charge in [-0.2, -0.15) is 0 Å². The minimum absolute atomic E-state index is 0.0300. The summed E-state index contributed by atoms with van der Waals surface area (Å²) in [5.74, 6) is 1.28. The van der Waals surface area contributed by atoms with Crippen molar-refractivity contribution in [2.75, 3.05) is 26.8 Å². The molecule has 4 heteroatoms. The SMILES string of the molecule is CNCC(=O)c1c(C)ccc2c1OCCO2. The molecule has 1 aromatic rings. The molecule has 0 unspecified atom stereocenters. The van der Waals surface area contributed by atoms with Crippen molar-refractivity contribution < 1.29 is 14.3 Å². The molecule has 0 aliphatic carbocycles. The Labute approximate surface area is 94.6 Å². The van der Waals surface area contributed by atoms with Gasteiger partial charge in [-0.3, -0.25) is 4.79 Å². The maximum absolute atomic E-state index is 11.9. The summed E-state index contributed by atoms with van der Waals surface area (Å²) in [7, 11) is 1.75. The number of ketones is 1. The molecule has 2 rings (SSSR count). The highest BCUT2D eigenvalue weighted by Crippen LogP contribution is 2.35. The number of ether oxygens (including phenoxy) is 2. The molecule has 1 aliphatic rings. The Hall–Kier alpha value is -1.55. The normalized spacial score (nSPS) is 13.6. The summed E-state index contributed by atoms with van der Waals surface area (Å²) in [5.41, 5.74) is 1.55. The van der Waals surface area contributed by atoms with E-state index >= 15 is 0 Å². The quantitative estimate of drug-likeness (QED) is 0.778. The van der Waals surface area contributed by atoms with Crippen LogP contribution in [0.3, 0.4) is 0 Å². The van der Waals surface area contributed by atoms with E-state index in [1.54, 1.807) is 7.05 Å². The molecular weight excluding hydrogens is 206 g/mol. The average Bonchev–Trinajstić information content (AvgIpc) is 2.29. The monoisotopic (exact) mass is 221 g/mol. The molecule has 1 aromatic carbocycles. The molecule has 0 bridgehead atoms. The van der Waals surface area contributed by atoms with E-state index in [-0.39, 0.29) is 5.78 Å². The molecule has 4 nitrogen and oxygen atoms in total. The number of Topliss-reactive ketones (excluding diaryl/α,β-unsaturated/α-hetero) is 1. The molecule has 0 atom stereocenters. The maximum Gasteiger partial charge on any atom is 0.180 e. The Morgan fingerprint density at radius 3 is 2.88 bits per heavy atom. The van der Waals surface area contributed by atoms with Gasteiger partial charge in [-0.05, 0) is 25.6 Å². The zero-order valence-corrected chi connectivity index (χ0v) is 9.50. The number of rotatable bonds is 3. The van der Waals surface area contributed by atoms with Crippen LogP contribution < -0.4 is 14.8 Å². The number of nitrogens with one attached hydrogen (secondary N) is 1. The first kappa shape index (κ1) is 11.0. The lowest BCUT2D eigenvalue weighted by Gasteiger charge is -2.21. The molecule has 0 aromatic heterocycles. The van der Waals surface area contributed by atoms with Crippen LogP contribution in [0, 0.1) is 6.92 Å². The predicted octanol–water partition coefficient (Wildman–Crippen LogP) is 1.17. The highest BCUT2D eigenvalue weighted by atomic mass is 16.6. The molecule has 1 aliphatic heterocycles. The van der Waals surface area contributed by atoms with Crippen molar-refractivity contribution in [2.45, 2.75) is 6.92 Å². The standard InChI is InChI=1S/C12H15NO3/c1-8-3-4-10-12(16-6-5-15-10)11(8)9(14)7-13-2/h3-4,13H,5-7H2,1-2H3. The highest BCUT2D eigenvalue weighted by molar-refractivity contribution is 6.02. The highest BCUT2D eigenvalue weighted by Gasteiger charge is 2.22. The van der Waals surface area contributed by atoms with Gasteiger partial charge in [0.2, 0.25) is 0 Å². The van der Waals surface area contributed by atoms with Crippen molar-refractivity contribution in [1.82, 2.24) is 5.32 Å². The van der Waals surface area contributed by atoms with Crippen LogP contribution in [-0.2, 0) is 0 Å². The van der Waals surface area contributed by atoms with E-state index in [1.165, 1.54) is 0 Å². The van der Waals surface area contributed by atoms with Crippen LogP contribution in [0.4, 0.5) is 0 Å². The second-order valence-corrected chi connectivity index (χ2v) is 3.74. The summed E-state index contributed by atoms with van der Waals surface area (Å²) in [5, 5.41) is 2.85. The fraction of sp³-hybridized carbons (Fsp3) is 0.417. The molecule has 86 valence electrons. The van der Waals surface area contributed by atoms with E-state index in [2.05, 4.69) is 5.32 Å². The largest absolute Gasteiger partial charge is 0.486 e.